The molecule has 2 aromatic rings. The van der Waals surface area contributed by atoms with Crippen molar-refractivity contribution in [1.29, 1.82) is 0 Å². The van der Waals surface area contributed by atoms with E-state index in [9.17, 15) is 4.79 Å². The van der Waals surface area contributed by atoms with Crippen LogP contribution in [0.2, 0.25) is 0 Å². The lowest BCUT2D eigenvalue weighted by Crippen LogP contribution is -2.31. The molecule has 1 heterocycles. The van der Waals surface area contributed by atoms with Crippen LogP contribution < -0.4 is 15.9 Å². The summed E-state index contributed by atoms with van der Waals surface area (Å²) in [6.45, 7) is 0.775. The minimum Gasteiger partial charge on any atom is -0.497 e. The lowest BCUT2D eigenvalue weighted by molar-refractivity contribution is -0.118. The van der Waals surface area contributed by atoms with Crippen LogP contribution in [-0.2, 0) is 11.2 Å². The first kappa shape index (κ1) is 19.5. The maximum atomic E-state index is 12.1. The molecule has 1 aliphatic carbocycles. The fraction of sp³-hybridized carbons (Fsp3) is 0.526. The Morgan fingerprint density at radius 3 is 2.70 bits per heavy atom. The molecule has 0 unspecified atom stereocenters. The third-order valence-electron chi connectivity index (χ3n) is 4.90. The number of thioether (sulfide) groups is 1. The Labute approximate surface area is 164 Å². The standard InChI is InChI=1S/C19H27N5O2S/c1-26-16-9-7-14(8-10-16)11-17-22-23-19(24(17)20)27-13-18(25)21-12-15-5-3-2-4-6-15/h7-10,15H,2-6,11-13,20H2,1H3,(H,21,25). The fourth-order valence-corrected chi connectivity index (χ4v) is 3.99. The number of ether oxygens (including phenoxy) is 1. The number of benzene rings is 1. The van der Waals surface area contributed by atoms with Gasteiger partial charge in [-0.05, 0) is 36.5 Å². The molecule has 8 heteroatoms. The van der Waals surface area contributed by atoms with Gasteiger partial charge in [-0.3, -0.25) is 4.79 Å². The van der Waals surface area contributed by atoms with Crippen LogP contribution in [0.15, 0.2) is 29.4 Å². The summed E-state index contributed by atoms with van der Waals surface area (Å²) in [7, 11) is 1.64. The van der Waals surface area contributed by atoms with E-state index in [0.29, 0.717) is 29.1 Å². The van der Waals surface area contributed by atoms with Gasteiger partial charge in [0.05, 0.1) is 12.9 Å². The van der Waals surface area contributed by atoms with Gasteiger partial charge in [0.1, 0.15) is 5.75 Å². The summed E-state index contributed by atoms with van der Waals surface area (Å²) in [6, 6.07) is 7.75. The Kier molecular flexibility index (Phi) is 6.98. The van der Waals surface area contributed by atoms with Gasteiger partial charge in [0, 0.05) is 13.0 Å². The van der Waals surface area contributed by atoms with Gasteiger partial charge in [-0.1, -0.05) is 43.2 Å². The highest BCUT2D eigenvalue weighted by Crippen LogP contribution is 2.23. The normalized spacial score (nSPS) is 14.9. The predicted molar refractivity (Wildman–Crippen MR) is 106 cm³/mol. The van der Waals surface area contributed by atoms with Crippen molar-refractivity contribution in [1.82, 2.24) is 20.2 Å². The first-order chi connectivity index (χ1) is 13.2. The molecule has 1 saturated carbocycles. The molecule has 7 nitrogen and oxygen atoms in total. The summed E-state index contributed by atoms with van der Waals surface area (Å²) in [6.07, 6.45) is 6.90. The van der Waals surface area contributed by atoms with Crippen LogP contribution in [0, 0.1) is 5.92 Å². The Balaban J connectivity index is 1.47. The summed E-state index contributed by atoms with van der Waals surface area (Å²) < 4.78 is 6.62. The molecule has 0 radical (unpaired) electrons. The Bertz CT molecular complexity index is 741. The molecular weight excluding hydrogens is 362 g/mol. The van der Waals surface area contributed by atoms with Gasteiger partial charge in [0.2, 0.25) is 11.1 Å². The molecule has 0 saturated heterocycles. The van der Waals surface area contributed by atoms with Crippen molar-refractivity contribution in [3.63, 3.8) is 0 Å². The van der Waals surface area contributed by atoms with E-state index < -0.39 is 0 Å². The zero-order valence-electron chi connectivity index (χ0n) is 15.7. The van der Waals surface area contributed by atoms with Crippen molar-refractivity contribution >= 4 is 17.7 Å². The molecule has 0 atom stereocenters. The maximum Gasteiger partial charge on any atom is 0.230 e. The molecular formula is C19H27N5O2S. The highest BCUT2D eigenvalue weighted by molar-refractivity contribution is 7.99. The van der Waals surface area contributed by atoms with Gasteiger partial charge < -0.3 is 15.9 Å². The van der Waals surface area contributed by atoms with Crippen molar-refractivity contribution in [2.75, 3.05) is 25.3 Å². The molecule has 0 spiro atoms. The van der Waals surface area contributed by atoms with Crippen LogP contribution in [-0.4, -0.2) is 40.2 Å². The van der Waals surface area contributed by atoms with E-state index in [1.165, 1.54) is 48.5 Å². The molecule has 0 aliphatic heterocycles. The molecule has 1 aliphatic rings. The van der Waals surface area contributed by atoms with Crippen molar-refractivity contribution in [2.45, 2.75) is 43.7 Å². The topological polar surface area (TPSA) is 95.1 Å². The highest BCUT2D eigenvalue weighted by atomic mass is 32.2. The number of nitrogens with zero attached hydrogens (tertiary/aromatic N) is 3. The molecule has 1 aromatic carbocycles. The molecule has 146 valence electrons. The average molecular weight is 390 g/mol. The number of methoxy groups -OCH3 is 1. The van der Waals surface area contributed by atoms with E-state index in [0.717, 1.165) is 17.9 Å². The smallest absolute Gasteiger partial charge is 0.230 e. The number of nitrogens with one attached hydrogen (secondary N) is 1. The minimum atomic E-state index is 0.0188. The summed E-state index contributed by atoms with van der Waals surface area (Å²) >= 11 is 1.31. The first-order valence-corrected chi connectivity index (χ1v) is 10.4. The molecule has 1 aromatic heterocycles. The highest BCUT2D eigenvalue weighted by Gasteiger charge is 2.16. The monoisotopic (exact) mass is 389 g/mol. The van der Waals surface area contributed by atoms with Crippen LogP contribution >= 0.6 is 11.8 Å². The predicted octanol–water partition coefficient (Wildman–Crippen LogP) is 2.38. The Morgan fingerprint density at radius 1 is 1.26 bits per heavy atom. The van der Waals surface area contributed by atoms with Gasteiger partial charge in [0.15, 0.2) is 5.82 Å². The molecule has 27 heavy (non-hydrogen) atoms. The summed E-state index contributed by atoms with van der Waals surface area (Å²) in [5, 5.41) is 11.8. The largest absolute Gasteiger partial charge is 0.497 e. The van der Waals surface area contributed by atoms with Crippen molar-refractivity contribution in [3.05, 3.63) is 35.7 Å². The molecule has 3 N–H and O–H groups in total. The molecule has 0 bridgehead atoms. The first-order valence-electron chi connectivity index (χ1n) is 9.37. The van der Waals surface area contributed by atoms with Crippen molar-refractivity contribution in [3.8, 4) is 5.75 Å². The molecule has 1 fully saturated rings. The minimum absolute atomic E-state index is 0.0188. The maximum absolute atomic E-state index is 12.1. The van der Waals surface area contributed by atoms with Crippen LogP contribution in [0.4, 0.5) is 0 Å². The summed E-state index contributed by atoms with van der Waals surface area (Å²) in [5.41, 5.74) is 1.07. The quantitative estimate of drug-likeness (QED) is 0.532. The lowest BCUT2D eigenvalue weighted by atomic mass is 9.89. The van der Waals surface area contributed by atoms with Crippen LogP contribution in [0.5, 0.6) is 5.75 Å². The Morgan fingerprint density at radius 2 is 2.00 bits per heavy atom. The lowest BCUT2D eigenvalue weighted by Gasteiger charge is -2.21. The van der Waals surface area contributed by atoms with Gasteiger partial charge in [0.25, 0.3) is 0 Å². The van der Waals surface area contributed by atoms with Crippen LogP contribution in [0.25, 0.3) is 0 Å². The fourth-order valence-electron chi connectivity index (χ4n) is 3.28. The van der Waals surface area contributed by atoms with Crippen molar-refractivity contribution in [2.24, 2.45) is 5.92 Å². The zero-order valence-corrected chi connectivity index (χ0v) is 16.5. The van der Waals surface area contributed by atoms with E-state index in [1.807, 2.05) is 24.3 Å². The number of hydrogen-bond donors (Lipinski definition) is 2. The number of nitrogen functional groups attached to an aromatic ring is 1. The number of carbonyl (C=O) groups excluding carboxylic acids is 1. The third kappa shape index (κ3) is 5.63. The Hall–Kier alpha value is -2.22. The van der Waals surface area contributed by atoms with Crippen molar-refractivity contribution < 1.29 is 9.53 Å². The molecule has 1 amide bonds. The van der Waals surface area contributed by atoms with E-state index in [1.54, 1.807) is 7.11 Å². The van der Waals surface area contributed by atoms with Crippen LogP contribution in [0.3, 0.4) is 0 Å². The van der Waals surface area contributed by atoms with Gasteiger partial charge in [-0.15, -0.1) is 10.2 Å². The third-order valence-corrected chi connectivity index (χ3v) is 5.84. The zero-order chi connectivity index (χ0) is 19.1. The van der Waals surface area contributed by atoms with E-state index >= 15 is 0 Å². The number of carbonyl (C=O) groups is 1. The van der Waals surface area contributed by atoms with Gasteiger partial charge >= 0.3 is 0 Å². The average Bonchev–Trinajstić information content (AvgIpc) is 3.05. The number of hydrogen-bond acceptors (Lipinski definition) is 6. The number of nitrogens with two attached hydrogens (primary N) is 1. The van der Waals surface area contributed by atoms with Gasteiger partial charge in [-0.25, -0.2) is 4.68 Å². The SMILES string of the molecule is COc1ccc(Cc2nnc(SCC(=O)NCC3CCCCC3)n2N)cc1. The van der Waals surface area contributed by atoms with Gasteiger partial charge in [-0.2, -0.15) is 0 Å². The second-order valence-electron chi connectivity index (χ2n) is 6.89. The second-order valence-corrected chi connectivity index (χ2v) is 7.83. The second kappa shape index (κ2) is 9.64. The van der Waals surface area contributed by atoms with E-state index in [-0.39, 0.29) is 5.91 Å². The van der Waals surface area contributed by atoms with E-state index in [4.69, 9.17) is 10.6 Å². The van der Waals surface area contributed by atoms with E-state index in [2.05, 4.69) is 15.5 Å². The number of rotatable bonds is 8. The molecule has 3 rings (SSSR count). The number of amides is 1. The van der Waals surface area contributed by atoms with Crippen LogP contribution in [0.1, 0.15) is 43.5 Å². The summed E-state index contributed by atoms with van der Waals surface area (Å²) in [5.74, 6) is 8.51. The summed E-state index contributed by atoms with van der Waals surface area (Å²) in [4.78, 5) is 12.1. The number of aromatic nitrogens is 3.